The largest absolute Gasteiger partial charge is 0.375 e. The third-order valence-electron chi connectivity index (χ3n) is 4.33. The van der Waals surface area contributed by atoms with Gasteiger partial charge >= 0.3 is 6.03 Å². The van der Waals surface area contributed by atoms with E-state index in [2.05, 4.69) is 15.3 Å². The third kappa shape index (κ3) is 3.52. The molecule has 0 spiro atoms. The Bertz CT molecular complexity index is 518. The number of carbonyl (C=O) groups excluding carboxylic acids is 1. The number of hydrogen-bond donors (Lipinski definition) is 1. The number of aryl methyl sites for hydroxylation is 1. The summed E-state index contributed by atoms with van der Waals surface area (Å²) in [6.45, 7) is 5.84. The van der Waals surface area contributed by atoms with Crippen molar-refractivity contribution in [1.29, 1.82) is 0 Å². The van der Waals surface area contributed by atoms with E-state index in [-0.39, 0.29) is 18.2 Å². The van der Waals surface area contributed by atoms with Gasteiger partial charge in [-0.2, -0.15) is 5.10 Å². The molecule has 0 unspecified atom stereocenters. The predicted molar refractivity (Wildman–Crippen MR) is 84.0 cm³/mol. The first-order valence-electron chi connectivity index (χ1n) is 8.02. The normalized spacial score (nSPS) is 26.1. The van der Waals surface area contributed by atoms with Gasteiger partial charge in [-0.25, -0.2) is 4.79 Å². The lowest BCUT2D eigenvalue weighted by Crippen LogP contribution is -2.54. The summed E-state index contributed by atoms with van der Waals surface area (Å²) in [5, 5.41) is 7.40. The number of aromatic nitrogens is 2. The lowest BCUT2D eigenvalue weighted by atomic mass is 10.1. The Hall–Kier alpha value is -1.76. The molecule has 1 N–H and O–H groups in total. The van der Waals surface area contributed by atoms with Gasteiger partial charge in [0.05, 0.1) is 24.6 Å². The molecule has 0 radical (unpaired) electrons. The maximum atomic E-state index is 12.4. The van der Waals surface area contributed by atoms with Crippen molar-refractivity contribution in [3.05, 3.63) is 12.4 Å². The molecule has 7 heteroatoms. The summed E-state index contributed by atoms with van der Waals surface area (Å²) >= 11 is 0. The smallest absolute Gasteiger partial charge is 0.317 e. The minimum Gasteiger partial charge on any atom is -0.375 e. The summed E-state index contributed by atoms with van der Waals surface area (Å²) in [5.41, 5.74) is 1.13. The van der Waals surface area contributed by atoms with Crippen molar-refractivity contribution in [2.45, 2.75) is 31.9 Å². The number of rotatable bonds is 2. The second kappa shape index (κ2) is 6.56. The first kappa shape index (κ1) is 15.1. The highest BCUT2D eigenvalue weighted by Crippen LogP contribution is 2.19. The summed E-state index contributed by atoms with van der Waals surface area (Å²) in [7, 11) is 1.92. The average molecular weight is 307 g/mol. The van der Waals surface area contributed by atoms with Crippen molar-refractivity contribution >= 4 is 11.7 Å². The van der Waals surface area contributed by atoms with Crippen LogP contribution in [0, 0.1) is 0 Å². The highest BCUT2D eigenvalue weighted by molar-refractivity contribution is 5.74. The zero-order valence-corrected chi connectivity index (χ0v) is 13.4. The molecule has 0 bridgehead atoms. The number of carbonyl (C=O) groups is 1. The van der Waals surface area contributed by atoms with Crippen molar-refractivity contribution in [1.82, 2.24) is 20.0 Å². The van der Waals surface area contributed by atoms with E-state index in [9.17, 15) is 4.79 Å². The molecular formula is C15H25N5O2. The molecule has 0 saturated carbocycles. The van der Waals surface area contributed by atoms with Gasteiger partial charge < -0.3 is 19.9 Å². The fourth-order valence-corrected chi connectivity index (χ4v) is 3.17. The maximum absolute atomic E-state index is 12.4. The number of morpholine rings is 1. The number of anilines is 1. The molecule has 1 aromatic rings. The van der Waals surface area contributed by atoms with Crippen LogP contribution in [0.3, 0.4) is 0 Å². The first-order valence-corrected chi connectivity index (χ1v) is 8.02. The van der Waals surface area contributed by atoms with E-state index in [1.54, 1.807) is 0 Å². The summed E-state index contributed by atoms with van der Waals surface area (Å²) in [5.74, 6) is 0. The lowest BCUT2D eigenvalue weighted by Gasteiger charge is -2.36. The van der Waals surface area contributed by atoms with Crippen LogP contribution in [0.1, 0.15) is 19.8 Å². The predicted octanol–water partition coefficient (Wildman–Crippen LogP) is 0.819. The quantitative estimate of drug-likeness (QED) is 0.879. The van der Waals surface area contributed by atoms with Gasteiger partial charge in [-0.15, -0.1) is 0 Å². The fourth-order valence-electron chi connectivity index (χ4n) is 3.17. The molecule has 0 aromatic carbocycles. The minimum absolute atomic E-state index is 0.0354. The Morgan fingerprint density at radius 1 is 1.41 bits per heavy atom. The number of hydrogen-bond acceptors (Lipinski definition) is 4. The van der Waals surface area contributed by atoms with E-state index in [1.165, 1.54) is 0 Å². The fraction of sp³-hybridized carbons (Fsp3) is 0.733. The Kier molecular flexibility index (Phi) is 4.52. The van der Waals surface area contributed by atoms with E-state index >= 15 is 0 Å². The molecule has 2 saturated heterocycles. The molecular weight excluding hydrogens is 282 g/mol. The van der Waals surface area contributed by atoms with Gasteiger partial charge in [0.15, 0.2) is 0 Å². The molecule has 7 nitrogen and oxygen atoms in total. The molecule has 2 amide bonds. The molecule has 2 aliphatic heterocycles. The monoisotopic (exact) mass is 307 g/mol. The summed E-state index contributed by atoms with van der Waals surface area (Å²) in [6.07, 6.45) is 6.14. The van der Waals surface area contributed by atoms with Crippen LogP contribution in [0.25, 0.3) is 0 Å². The summed E-state index contributed by atoms with van der Waals surface area (Å²) in [4.78, 5) is 16.5. The number of piperidine rings is 1. The van der Waals surface area contributed by atoms with Crippen molar-refractivity contribution in [2.24, 2.45) is 7.05 Å². The zero-order chi connectivity index (χ0) is 15.5. The highest BCUT2D eigenvalue weighted by atomic mass is 16.5. The molecule has 1 aromatic heterocycles. The van der Waals surface area contributed by atoms with Gasteiger partial charge in [0.1, 0.15) is 0 Å². The van der Waals surface area contributed by atoms with Gasteiger partial charge in [0, 0.05) is 45.5 Å². The number of nitrogens with zero attached hydrogens (tertiary/aromatic N) is 4. The van der Waals surface area contributed by atoms with Gasteiger partial charge in [-0.05, 0) is 19.8 Å². The second-order valence-corrected chi connectivity index (χ2v) is 6.23. The highest BCUT2D eigenvalue weighted by Gasteiger charge is 2.26. The van der Waals surface area contributed by atoms with Gasteiger partial charge in [-0.3, -0.25) is 4.68 Å². The zero-order valence-electron chi connectivity index (χ0n) is 13.4. The van der Waals surface area contributed by atoms with Crippen LogP contribution in [0.4, 0.5) is 10.5 Å². The van der Waals surface area contributed by atoms with Gasteiger partial charge in [0.25, 0.3) is 0 Å². The van der Waals surface area contributed by atoms with Crippen molar-refractivity contribution < 1.29 is 9.53 Å². The number of urea groups is 1. The van der Waals surface area contributed by atoms with E-state index in [4.69, 9.17) is 4.74 Å². The van der Waals surface area contributed by atoms with Crippen LogP contribution in [0.2, 0.25) is 0 Å². The summed E-state index contributed by atoms with van der Waals surface area (Å²) in [6, 6.07) is 0.229. The Morgan fingerprint density at radius 3 is 3.00 bits per heavy atom. The van der Waals surface area contributed by atoms with Crippen molar-refractivity contribution in [3.8, 4) is 0 Å². The lowest BCUT2D eigenvalue weighted by molar-refractivity contribution is -0.00392. The van der Waals surface area contributed by atoms with E-state index in [0.717, 1.165) is 31.6 Å². The molecule has 3 rings (SSSR count). The minimum atomic E-state index is 0.0354. The Labute approximate surface area is 131 Å². The number of amides is 2. The molecule has 3 heterocycles. The van der Waals surface area contributed by atoms with E-state index in [0.29, 0.717) is 19.7 Å². The van der Waals surface area contributed by atoms with E-state index < -0.39 is 0 Å². The standard InChI is InChI=1S/C15H25N5O2/c1-12-9-20(6-7-22-12)15(21)17-13-4-3-5-19(10-13)14-8-16-18(2)11-14/h8,11-13H,3-7,9-10H2,1-2H3,(H,17,21)/t12-,13+/m0/s1. The van der Waals surface area contributed by atoms with Crippen LogP contribution in [-0.4, -0.2) is 65.6 Å². The van der Waals surface area contributed by atoms with Crippen LogP contribution >= 0.6 is 0 Å². The van der Waals surface area contributed by atoms with Crippen LogP contribution in [-0.2, 0) is 11.8 Å². The Balaban J connectivity index is 1.54. The first-order chi connectivity index (χ1) is 10.6. The molecule has 122 valence electrons. The maximum Gasteiger partial charge on any atom is 0.317 e. The molecule has 2 fully saturated rings. The number of ether oxygens (including phenoxy) is 1. The summed E-state index contributed by atoms with van der Waals surface area (Å²) < 4.78 is 7.30. The van der Waals surface area contributed by atoms with Crippen LogP contribution in [0.5, 0.6) is 0 Å². The molecule has 0 aliphatic carbocycles. The molecule has 2 aliphatic rings. The second-order valence-electron chi connectivity index (χ2n) is 6.23. The van der Waals surface area contributed by atoms with Crippen LogP contribution < -0.4 is 10.2 Å². The van der Waals surface area contributed by atoms with Gasteiger partial charge in [-0.1, -0.05) is 0 Å². The van der Waals surface area contributed by atoms with Crippen molar-refractivity contribution in [3.63, 3.8) is 0 Å². The molecule has 22 heavy (non-hydrogen) atoms. The molecule has 2 atom stereocenters. The van der Waals surface area contributed by atoms with Crippen molar-refractivity contribution in [2.75, 3.05) is 37.7 Å². The van der Waals surface area contributed by atoms with Gasteiger partial charge in [0.2, 0.25) is 0 Å². The average Bonchev–Trinajstić information content (AvgIpc) is 2.94. The SMILES string of the molecule is C[C@H]1CN(C(=O)N[C@@H]2CCCN(c3cnn(C)c3)C2)CCO1. The topological polar surface area (TPSA) is 62.6 Å². The van der Waals surface area contributed by atoms with E-state index in [1.807, 2.05) is 35.9 Å². The van der Waals surface area contributed by atoms with Crippen LogP contribution in [0.15, 0.2) is 12.4 Å². The Morgan fingerprint density at radius 2 is 2.27 bits per heavy atom. The third-order valence-corrected chi connectivity index (χ3v) is 4.33. The number of nitrogens with one attached hydrogen (secondary N) is 1.